The second-order valence-electron chi connectivity index (χ2n) is 3.52. The monoisotopic (exact) mass is 160 g/mol. The third-order valence-electron chi connectivity index (χ3n) is 2.75. The van der Waals surface area contributed by atoms with Gasteiger partial charge in [-0.3, -0.25) is 0 Å². The van der Waals surface area contributed by atoms with E-state index in [1.807, 2.05) is 0 Å². The summed E-state index contributed by atoms with van der Waals surface area (Å²) in [6.07, 6.45) is 2.37. The number of rotatable bonds is 0. The Morgan fingerprint density at radius 3 is 1.83 bits per heavy atom. The first-order chi connectivity index (χ1) is 5.93. The lowest BCUT2D eigenvalue weighted by Crippen LogP contribution is -1.91. The van der Waals surface area contributed by atoms with Crippen molar-refractivity contribution in [3.05, 3.63) is 23.3 Å². The van der Waals surface area contributed by atoms with E-state index in [1.54, 1.807) is 0 Å². The van der Waals surface area contributed by atoms with Gasteiger partial charge in [0.25, 0.3) is 0 Å². The topological polar surface area (TPSA) is 24.1 Å². The molecule has 1 aromatic carbocycles. The van der Waals surface area contributed by atoms with Crippen LogP contribution in [0.15, 0.2) is 12.1 Å². The highest BCUT2D eigenvalue weighted by molar-refractivity contribution is 5.68. The average molecular weight is 160 g/mol. The zero-order valence-corrected chi connectivity index (χ0v) is 6.98. The Bertz CT molecular complexity index is 271. The first-order valence-electron chi connectivity index (χ1n) is 4.57. The fraction of sp³-hybridized carbons (Fsp3) is 0.400. The van der Waals surface area contributed by atoms with Gasteiger partial charge >= 0.3 is 0 Å². The Labute approximate surface area is 72.0 Å². The quantitative estimate of drug-likeness (QED) is 0.602. The summed E-state index contributed by atoms with van der Waals surface area (Å²) in [5, 5.41) is 6.80. The van der Waals surface area contributed by atoms with Crippen molar-refractivity contribution in [2.75, 3.05) is 23.7 Å². The van der Waals surface area contributed by atoms with Gasteiger partial charge < -0.3 is 10.6 Å². The van der Waals surface area contributed by atoms with Crippen LogP contribution >= 0.6 is 0 Å². The molecule has 2 heterocycles. The van der Waals surface area contributed by atoms with Crippen molar-refractivity contribution in [1.82, 2.24) is 0 Å². The molecule has 0 amide bonds. The van der Waals surface area contributed by atoms with E-state index in [2.05, 4.69) is 22.8 Å². The molecule has 0 saturated heterocycles. The molecule has 12 heavy (non-hydrogen) atoms. The van der Waals surface area contributed by atoms with E-state index in [-0.39, 0.29) is 0 Å². The van der Waals surface area contributed by atoms with Crippen LogP contribution in [0, 0.1) is 0 Å². The lowest BCUT2D eigenvalue weighted by Gasteiger charge is -2.03. The molecule has 0 bridgehead atoms. The molecule has 2 heteroatoms. The van der Waals surface area contributed by atoms with Crippen LogP contribution in [0.25, 0.3) is 0 Å². The highest BCUT2D eigenvalue weighted by atomic mass is 14.9. The molecule has 2 aliphatic heterocycles. The van der Waals surface area contributed by atoms with Crippen molar-refractivity contribution in [2.45, 2.75) is 12.8 Å². The zero-order valence-electron chi connectivity index (χ0n) is 6.98. The van der Waals surface area contributed by atoms with Crippen LogP contribution in [0.5, 0.6) is 0 Å². The molecule has 3 rings (SSSR count). The highest BCUT2D eigenvalue weighted by Gasteiger charge is 2.16. The number of hydrogen-bond acceptors (Lipinski definition) is 2. The van der Waals surface area contributed by atoms with Crippen LogP contribution < -0.4 is 10.6 Å². The van der Waals surface area contributed by atoms with Crippen molar-refractivity contribution in [3.8, 4) is 0 Å². The molecular formula is C10H12N2. The molecule has 0 unspecified atom stereocenters. The molecule has 0 saturated carbocycles. The summed E-state index contributed by atoms with van der Waals surface area (Å²) in [5.74, 6) is 0. The van der Waals surface area contributed by atoms with Crippen LogP contribution in [0.1, 0.15) is 11.1 Å². The number of anilines is 2. The Hall–Kier alpha value is -1.18. The average Bonchev–Trinajstić information content (AvgIpc) is 2.64. The summed E-state index contributed by atoms with van der Waals surface area (Å²) in [4.78, 5) is 0. The fourth-order valence-corrected chi connectivity index (χ4v) is 2.10. The summed E-state index contributed by atoms with van der Waals surface area (Å²) < 4.78 is 0. The second kappa shape index (κ2) is 2.16. The second-order valence-corrected chi connectivity index (χ2v) is 3.52. The molecule has 0 atom stereocenters. The predicted molar refractivity (Wildman–Crippen MR) is 50.8 cm³/mol. The van der Waals surface area contributed by atoms with Gasteiger partial charge in [-0.2, -0.15) is 0 Å². The van der Waals surface area contributed by atoms with Gasteiger partial charge in [0.05, 0.1) is 0 Å². The van der Waals surface area contributed by atoms with Crippen molar-refractivity contribution in [2.24, 2.45) is 0 Å². The largest absolute Gasteiger partial charge is 0.384 e. The van der Waals surface area contributed by atoms with Gasteiger partial charge in [-0.15, -0.1) is 0 Å². The standard InChI is InChI=1S/C10H12N2/c1-3-11-9-6-8-2-4-12-10(8)5-7(1)9/h5-6,11-12H,1-4H2. The first kappa shape index (κ1) is 6.35. The van der Waals surface area contributed by atoms with Gasteiger partial charge in [-0.1, -0.05) is 0 Å². The Kier molecular flexibility index (Phi) is 1.14. The minimum atomic E-state index is 1.11. The van der Waals surface area contributed by atoms with Crippen molar-refractivity contribution < 1.29 is 0 Å². The van der Waals surface area contributed by atoms with E-state index < -0.39 is 0 Å². The number of nitrogens with one attached hydrogen (secondary N) is 2. The van der Waals surface area contributed by atoms with Crippen molar-refractivity contribution in [3.63, 3.8) is 0 Å². The normalized spacial score (nSPS) is 18.0. The number of fused-ring (bicyclic) bond motifs is 2. The molecular weight excluding hydrogens is 148 g/mol. The molecule has 0 radical (unpaired) electrons. The van der Waals surface area contributed by atoms with Gasteiger partial charge in [-0.05, 0) is 36.1 Å². The maximum atomic E-state index is 3.40. The number of benzene rings is 1. The van der Waals surface area contributed by atoms with E-state index in [0.29, 0.717) is 0 Å². The van der Waals surface area contributed by atoms with Crippen molar-refractivity contribution in [1.29, 1.82) is 0 Å². The molecule has 0 spiro atoms. The SMILES string of the molecule is c1c2c(cc3c1NCC3)NCC2. The van der Waals surface area contributed by atoms with Crippen LogP contribution in [-0.2, 0) is 12.8 Å². The zero-order chi connectivity index (χ0) is 7.97. The summed E-state index contributed by atoms with van der Waals surface area (Å²) in [5.41, 5.74) is 5.67. The van der Waals surface area contributed by atoms with E-state index in [9.17, 15) is 0 Å². The summed E-state index contributed by atoms with van der Waals surface area (Å²) in [7, 11) is 0. The fourth-order valence-electron chi connectivity index (χ4n) is 2.10. The maximum Gasteiger partial charge on any atom is 0.0377 e. The van der Waals surface area contributed by atoms with E-state index in [1.165, 1.54) is 35.3 Å². The van der Waals surface area contributed by atoms with Gasteiger partial charge in [0.2, 0.25) is 0 Å². The molecule has 0 fully saturated rings. The van der Waals surface area contributed by atoms with Crippen LogP contribution in [0.2, 0.25) is 0 Å². The van der Waals surface area contributed by atoms with E-state index in [4.69, 9.17) is 0 Å². The molecule has 1 aromatic rings. The molecule has 0 aromatic heterocycles. The third kappa shape index (κ3) is 0.750. The highest BCUT2D eigenvalue weighted by Crippen LogP contribution is 2.31. The van der Waals surface area contributed by atoms with Crippen LogP contribution in [-0.4, -0.2) is 13.1 Å². The lowest BCUT2D eigenvalue weighted by atomic mass is 10.1. The van der Waals surface area contributed by atoms with Gasteiger partial charge in [-0.25, -0.2) is 0 Å². The summed E-state index contributed by atoms with van der Waals surface area (Å²) in [6.45, 7) is 2.22. The van der Waals surface area contributed by atoms with Gasteiger partial charge in [0.1, 0.15) is 0 Å². The Balaban J connectivity index is 2.18. The Morgan fingerprint density at radius 1 is 0.833 bits per heavy atom. The molecule has 2 aliphatic rings. The van der Waals surface area contributed by atoms with Crippen molar-refractivity contribution >= 4 is 11.4 Å². The molecule has 0 aliphatic carbocycles. The minimum Gasteiger partial charge on any atom is -0.384 e. The molecule has 2 nitrogen and oxygen atoms in total. The van der Waals surface area contributed by atoms with Crippen LogP contribution in [0.3, 0.4) is 0 Å². The summed E-state index contributed by atoms with van der Waals surface area (Å²) >= 11 is 0. The predicted octanol–water partition coefficient (Wildman–Crippen LogP) is 1.62. The van der Waals surface area contributed by atoms with Gasteiger partial charge in [0.15, 0.2) is 0 Å². The molecule has 62 valence electrons. The maximum absolute atomic E-state index is 3.40. The molecule has 2 N–H and O–H groups in total. The number of hydrogen-bond donors (Lipinski definition) is 2. The van der Waals surface area contributed by atoms with E-state index in [0.717, 1.165) is 13.1 Å². The summed E-state index contributed by atoms with van der Waals surface area (Å²) in [6, 6.07) is 4.61. The third-order valence-corrected chi connectivity index (χ3v) is 2.75. The smallest absolute Gasteiger partial charge is 0.0377 e. The lowest BCUT2D eigenvalue weighted by molar-refractivity contribution is 1.10. The minimum absolute atomic E-state index is 1.11. The first-order valence-corrected chi connectivity index (χ1v) is 4.57. The van der Waals surface area contributed by atoms with Gasteiger partial charge in [0, 0.05) is 24.5 Å². The van der Waals surface area contributed by atoms with E-state index >= 15 is 0 Å². The van der Waals surface area contributed by atoms with Crippen LogP contribution in [0.4, 0.5) is 11.4 Å². The Morgan fingerprint density at radius 2 is 1.33 bits per heavy atom.